The van der Waals surface area contributed by atoms with Crippen molar-refractivity contribution in [2.24, 2.45) is 13.0 Å². The van der Waals surface area contributed by atoms with E-state index in [-0.39, 0.29) is 0 Å². The van der Waals surface area contributed by atoms with E-state index in [2.05, 4.69) is 26.9 Å². The Labute approximate surface area is 165 Å². The van der Waals surface area contributed by atoms with Gasteiger partial charge in [-0.2, -0.15) is 14.7 Å². The van der Waals surface area contributed by atoms with Gasteiger partial charge in [0, 0.05) is 49.4 Å². The molecule has 2 fully saturated rings. The van der Waals surface area contributed by atoms with E-state index in [4.69, 9.17) is 4.98 Å². The Balaban J connectivity index is 1.54. The van der Waals surface area contributed by atoms with Crippen molar-refractivity contribution in [3.63, 3.8) is 0 Å². The standard InChI is InChI=1S/C21H29N7/c1-27-14-17(12-24-27)18-13-25-28-20(23-10-15-5-2-3-6-15)9-19(26-21(18)28)16-7-4-8-22-11-16/h9,12-16,22-23H,2-8,10-11H2,1H3. The van der Waals surface area contributed by atoms with Crippen LogP contribution in [0.5, 0.6) is 0 Å². The largest absolute Gasteiger partial charge is 0.370 e. The molecule has 0 bridgehead atoms. The molecule has 3 aromatic heterocycles. The van der Waals surface area contributed by atoms with Gasteiger partial charge in [-0.05, 0) is 38.1 Å². The zero-order valence-corrected chi connectivity index (χ0v) is 16.6. The van der Waals surface area contributed by atoms with Gasteiger partial charge in [0.05, 0.1) is 18.1 Å². The second-order valence-electron chi connectivity index (χ2n) is 8.34. The van der Waals surface area contributed by atoms with Crippen LogP contribution in [0.25, 0.3) is 16.8 Å². The van der Waals surface area contributed by atoms with E-state index >= 15 is 0 Å². The summed E-state index contributed by atoms with van der Waals surface area (Å²) in [4.78, 5) is 5.07. The average molecular weight is 380 g/mol. The minimum absolute atomic E-state index is 0.461. The highest BCUT2D eigenvalue weighted by Crippen LogP contribution is 2.30. The summed E-state index contributed by atoms with van der Waals surface area (Å²) < 4.78 is 3.80. The van der Waals surface area contributed by atoms with Crippen LogP contribution >= 0.6 is 0 Å². The predicted octanol–water partition coefficient (Wildman–Crippen LogP) is 3.20. The number of fused-ring (bicyclic) bond motifs is 1. The third-order valence-corrected chi connectivity index (χ3v) is 6.27. The Morgan fingerprint density at radius 1 is 1.14 bits per heavy atom. The summed E-state index contributed by atoms with van der Waals surface area (Å²) in [7, 11) is 1.94. The minimum Gasteiger partial charge on any atom is -0.370 e. The van der Waals surface area contributed by atoms with Crippen molar-refractivity contribution in [2.75, 3.05) is 25.0 Å². The molecule has 2 aliphatic rings. The molecule has 7 nitrogen and oxygen atoms in total. The summed E-state index contributed by atoms with van der Waals surface area (Å²) in [6.45, 7) is 3.13. The first-order valence-electron chi connectivity index (χ1n) is 10.6. The molecule has 1 atom stereocenters. The van der Waals surface area contributed by atoms with Crippen molar-refractivity contribution in [3.8, 4) is 11.1 Å². The van der Waals surface area contributed by atoms with Crippen molar-refractivity contribution in [1.82, 2.24) is 29.7 Å². The zero-order valence-electron chi connectivity index (χ0n) is 16.6. The van der Waals surface area contributed by atoms with Crippen molar-refractivity contribution >= 4 is 11.5 Å². The molecule has 1 aliphatic carbocycles. The van der Waals surface area contributed by atoms with Gasteiger partial charge in [-0.15, -0.1) is 0 Å². The van der Waals surface area contributed by atoms with Crippen LogP contribution in [0.3, 0.4) is 0 Å². The lowest BCUT2D eigenvalue weighted by molar-refractivity contribution is 0.455. The Morgan fingerprint density at radius 2 is 2.04 bits per heavy atom. The van der Waals surface area contributed by atoms with Crippen LogP contribution in [0.4, 0.5) is 5.82 Å². The number of piperidine rings is 1. The molecule has 148 valence electrons. The highest BCUT2D eigenvalue weighted by Gasteiger charge is 2.22. The summed E-state index contributed by atoms with van der Waals surface area (Å²) in [5, 5.41) is 16.2. The maximum Gasteiger partial charge on any atom is 0.165 e. The van der Waals surface area contributed by atoms with Gasteiger partial charge >= 0.3 is 0 Å². The molecular weight excluding hydrogens is 350 g/mol. The van der Waals surface area contributed by atoms with E-state index in [1.807, 2.05) is 34.8 Å². The van der Waals surface area contributed by atoms with Crippen molar-refractivity contribution < 1.29 is 0 Å². The van der Waals surface area contributed by atoms with Crippen LogP contribution in [0.1, 0.15) is 50.1 Å². The van der Waals surface area contributed by atoms with E-state index < -0.39 is 0 Å². The lowest BCUT2D eigenvalue weighted by Crippen LogP contribution is -2.29. The normalized spacial score (nSPS) is 20.8. The third kappa shape index (κ3) is 3.39. The van der Waals surface area contributed by atoms with E-state index in [0.29, 0.717) is 5.92 Å². The fourth-order valence-corrected chi connectivity index (χ4v) is 4.65. The molecule has 3 aromatic rings. The van der Waals surface area contributed by atoms with Gasteiger partial charge in [-0.3, -0.25) is 4.68 Å². The maximum absolute atomic E-state index is 5.07. The Hall–Kier alpha value is -2.41. The van der Waals surface area contributed by atoms with E-state index in [1.54, 1.807) is 0 Å². The first-order valence-corrected chi connectivity index (χ1v) is 10.6. The number of aromatic nitrogens is 5. The van der Waals surface area contributed by atoms with Crippen molar-refractivity contribution in [2.45, 2.75) is 44.4 Å². The smallest absolute Gasteiger partial charge is 0.165 e. The van der Waals surface area contributed by atoms with Crippen LogP contribution in [-0.2, 0) is 7.05 Å². The van der Waals surface area contributed by atoms with Gasteiger partial charge in [-0.1, -0.05) is 12.8 Å². The van der Waals surface area contributed by atoms with E-state index in [0.717, 1.165) is 48.1 Å². The number of hydrogen-bond donors (Lipinski definition) is 2. The zero-order chi connectivity index (χ0) is 18.9. The fourth-order valence-electron chi connectivity index (χ4n) is 4.65. The van der Waals surface area contributed by atoms with Gasteiger partial charge in [0.2, 0.25) is 0 Å². The predicted molar refractivity (Wildman–Crippen MR) is 110 cm³/mol. The molecule has 1 saturated carbocycles. The molecule has 4 heterocycles. The molecule has 5 rings (SSSR count). The lowest BCUT2D eigenvalue weighted by atomic mass is 9.96. The molecule has 1 unspecified atom stereocenters. The fraction of sp³-hybridized carbons (Fsp3) is 0.571. The molecular formula is C21H29N7. The van der Waals surface area contributed by atoms with Crippen molar-refractivity contribution in [3.05, 3.63) is 30.4 Å². The topological polar surface area (TPSA) is 72.1 Å². The van der Waals surface area contributed by atoms with E-state index in [1.165, 1.54) is 44.2 Å². The molecule has 2 N–H and O–H groups in total. The average Bonchev–Trinajstić information content (AvgIpc) is 3.47. The summed E-state index contributed by atoms with van der Waals surface area (Å²) >= 11 is 0. The quantitative estimate of drug-likeness (QED) is 0.712. The van der Waals surface area contributed by atoms with Gasteiger partial charge in [0.15, 0.2) is 5.65 Å². The molecule has 1 saturated heterocycles. The van der Waals surface area contributed by atoms with Gasteiger partial charge in [-0.25, -0.2) is 4.98 Å². The van der Waals surface area contributed by atoms with Gasteiger partial charge in [0.25, 0.3) is 0 Å². The Morgan fingerprint density at radius 3 is 2.79 bits per heavy atom. The first-order chi connectivity index (χ1) is 13.8. The van der Waals surface area contributed by atoms with E-state index in [9.17, 15) is 0 Å². The second kappa shape index (κ2) is 7.54. The SMILES string of the molecule is Cn1cc(-c2cnn3c(NCC4CCCC4)cc(C4CCCNC4)nc23)cn1. The first kappa shape index (κ1) is 17.7. The Bertz CT molecular complexity index is 945. The summed E-state index contributed by atoms with van der Waals surface area (Å²) in [6, 6.07) is 2.22. The Kier molecular flexibility index (Phi) is 4.76. The van der Waals surface area contributed by atoms with Crippen molar-refractivity contribution in [1.29, 1.82) is 0 Å². The number of aryl methyl sites for hydroxylation is 1. The summed E-state index contributed by atoms with van der Waals surface area (Å²) in [5.41, 5.74) is 4.19. The number of nitrogens with one attached hydrogen (secondary N) is 2. The number of hydrogen-bond acceptors (Lipinski definition) is 5. The summed E-state index contributed by atoms with van der Waals surface area (Å²) in [6.07, 6.45) is 13.6. The minimum atomic E-state index is 0.461. The summed E-state index contributed by atoms with van der Waals surface area (Å²) in [5.74, 6) is 2.30. The van der Waals surface area contributed by atoms with Gasteiger partial charge < -0.3 is 10.6 Å². The second-order valence-corrected chi connectivity index (χ2v) is 8.34. The number of rotatable bonds is 5. The molecule has 7 heteroatoms. The molecule has 0 spiro atoms. The van der Waals surface area contributed by atoms with Crippen LogP contribution in [0.15, 0.2) is 24.7 Å². The lowest BCUT2D eigenvalue weighted by Gasteiger charge is -2.23. The molecule has 0 aromatic carbocycles. The monoisotopic (exact) mass is 379 g/mol. The highest BCUT2D eigenvalue weighted by atomic mass is 15.3. The molecule has 1 aliphatic heterocycles. The van der Waals surface area contributed by atoms with Crippen LogP contribution in [0.2, 0.25) is 0 Å². The number of nitrogens with zero attached hydrogens (tertiary/aromatic N) is 5. The molecule has 28 heavy (non-hydrogen) atoms. The molecule has 0 amide bonds. The highest BCUT2D eigenvalue weighted by molar-refractivity contribution is 5.77. The molecule has 0 radical (unpaired) electrons. The maximum atomic E-state index is 5.07. The van der Waals surface area contributed by atoms with Crippen LogP contribution in [-0.4, -0.2) is 44.0 Å². The van der Waals surface area contributed by atoms with Crippen LogP contribution < -0.4 is 10.6 Å². The number of anilines is 1. The van der Waals surface area contributed by atoms with Crippen LogP contribution in [0, 0.1) is 5.92 Å². The van der Waals surface area contributed by atoms with Gasteiger partial charge in [0.1, 0.15) is 5.82 Å². The third-order valence-electron chi connectivity index (χ3n) is 6.27.